The van der Waals surface area contributed by atoms with Gasteiger partial charge in [0, 0.05) is 31.3 Å². The average molecular weight is 437 g/mol. The van der Waals surface area contributed by atoms with Crippen molar-refractivity contribution in [3.05, 3.63) is 47.0 Å². The summed E-state index contributed by atoms with van der Waals surface area (Å²) in [6.07, 6.45) is -3.96. The molecule has 7 nitrogen and oxygen atoms in total. The minimum Gasteiger partial charge on any atom is -0.456 e. The Morgan fingerprint density at radius 2 is 1.90 bits per heavy atom. The van der Waals surface area contributed by atoms with E-state index in [1.807, 2.05) is 26.0 Å². The number of aliphatic hydroxyl groups is 5. The number of carbonyl (C=O) groups excluding carboxylic acids is 1. The summed E-state index contributed by atoms with van der Waals surface area (Å²) in [5.74, 6) is -1.17. The summed E-state index contributed by atoms with van der Waals surface area (Å²) in [5.41, 5.74) is 1.48. The summed E-state index contributed by atoms with van der Waals surface area (Å²) in [6.45, 7) is 7.18. The molecule has 0 unspecified atom stereocenters. The van der Waals surface area contributed by atoms with Gasteiger partial charge in [0.25, 0.3) is 0 Å². The zero-order valence-corrected chi connectivity index (χ0v) is 18.7. The quantitative estimate of drug-likeness (QED) is 0.356. The van der Waals surface area contributed by atoms with E-state index in [1.165, 1.54) is 0 Å². The first kappa shape index (κ1) is 25.5. The first-order chi connectivity index (χ1) is 14.4. The van der Waals surface area contributed by atoms with Gasteiger partial charge < -0.3 is 30.3 Å². The number of hydrogen-bond donors (Lipinski definition) is 5. The van der Waals surface area contributed by atoms with Gasteiger partial charge in [-0.05, 0) is 29.5 Å². The van der Waals surface area contributed by atoms with Gasteiger partial charge in [-0.15, -0.1) is 0 Å². The number of carbonyl (C=O) groups is 1. The fourth-order valence-electron chi connectivity index (χ4n) is 3.84. The number of fused-ring (bicyclic) bond motifs is 2. The van der Waals surface area contributed by atoms with Gasteiger partial charge in [-0.1, -0.05) is 51.1 Å². The maximum Gasteiger partial charge on any atom is 0.338 e. The lowest BCUT2D eigenvalue weighted by atomic mass is 9.76. The molecule has 0 fully saturated rings. The van der Waals surface area contributed by atoms with Gasteiger partial charge in [-0.25, -0.2) is 4.79 Å². The van der Waals surface area contributed by atoms with E-state index in [1.54, 1.807) is 32.1 Å². The summed E-state index contributed by atoms with van der Waals surface area (Å²) in [5, 5.41) is 51.6. The molecule has 5 N–H and O–H groups in total. The molecule has 0 spiro atoms. The van der Waals surface area contributed by atoms with E-state index in [4.69, 9.17) is 4.74 Å². The first-order valence-electron chi connectivity index (χ1n) is 10.8. The predicted molar refractivity (Wildman–Crippen MR) is 116 cm³/mol. The molecule has 0 saturated heterocycles. The number of aliphatic hydroxyl groups excluding tert-OH is 5. The summed E-state index contributed by atoms with van der Waals surface area (Å²) in [4.78, 5) is 12.5. The third kappa shape index (κ3) is 6.60. The Kier molecular flexibility index (Phi) is 8.80. The molecule has 1 aromatic carbocycles. The second-order valence-corrected chi connectivity index (χ2v) is 9.28. The van der Waals surface area contributed by atoms with Crippen molar-refractivity contribution in [2.24, 2.45) is 5.92 Å². The lowest BCUT2D eigenvalue weighted by molar-refractivity contribution is -0.164. The van der Waals surface area contributed by atoms with Crippen molar-refractivity contribution >= 4 is 5.97 Å². The highest BCUT2D eigenvalue weighted by molar-refractivity contribution is 5.75. The van der Waals surface area contributed by atoms with Crippen LogP contribution in [0.15, 0.2) is 35.9 Å². The van der Waals surface area contributed by atoms with Crippen LogP contribution in [0.3, 0.4) is 0 Å². The molecule has 2 bridgehead atoms. The fourth-order valence-corrected chi connectivity index (χ4v) is 3.84. The summed E-state index contributed by atoms with van der Waals surface area (Å²) in [7, 11) is 0. The van der Waals surface area contributed by atoms with Crippen molar-refractivity contribution < 1.29 is 35.1 Å². The molecule has 1 aromatic rings. The third-order valence-electron chi connectivity index (χ3n) is 6.14. The Labute approximate surface area is 184 Å². The summed E-state index contributed by atoms with van der Waals surface area (Å²) < 4.78 is 5.46. The molecule has 6 atom stereocenters. The number of cyclic esters (lactones) is 1. The smallest absolute Gasteiger partial charge is 0.338 e. The van der Waals surface area contributed by atoms with E-state index in [-0.39, 0.29) is 31.8 Å². The fraction of sp³-hybridized carbons (Fsp3) is 0.625. The summed E-state index contributed by atoms with van der Waals surface area (Å²) >= 11 is 0. The standard InChI is InChI=1S/C24H36O7/c1-14(13-25)8-15(2)20-11-18(26)12-21(28)24(3,4)17-7-5-6-16(9-17)10-19(27)22(29)23(30)31-20/h5-9,14,18-22,25-29H,10-13H2,1-4H3/b15-8-/t14-,18+,19-,20+,21+,22+/m1/s1. The van der Waals surface area contributed by atoms with E-state index >= 15 is 0 Å². The van der Waals surface area contributed by atoms with Gasteiger partial charge >= 0.3 is 5.97 Å². The van der Waals surface area contributed by atoms with Gasteiger partial charge in [-0.2, -0.15) is 0 Å². The zero-order valence-electron chi connectivity index (χ0n) is 18.7. The maximum absolute atomic E-state index is 12.5. The van der Waals surface area contributed by atoms with Gasteiger partial charge in [-0.3, -0.25) is 0 Å². The maximum atomic E-state index is 12.5. The Balaban J connectivity index is 2.42. The van der Waals surface area contributed by atoms with E-state index in [2.05, 4.69) is 0 Å². The van der Waals surface area contributed by atoms with E-state index in [0.29, 0.717) is 11.1 Å². The van der Waals surface area contributed by atoms with Gasteiger partial charge in [0.2, 0.25) is 0 Å². The molecule has 0 aromatic heterocycles. The van der Waals surface area contributed by atoms with Crippen molar-refractivity contribution in [2.45, 2.75) is 82.9 Å². The number of benzene rings is 1. The van der Waals surface area contributed by atoms with Crippen molar-refractivity contribution in [1.29, 1.82) is 0 Å². The number of ether oxygens (including phenoxy) is 1. The lowest BCUT2D eigenvalue weighted by Gasteiger charge is -2.34. The average Bonchev–Trinajstić information content (AvgIpc) is 2.71. The van der Waals surface area contributed by atoms with Gasteiger partial charge in [0.15, 0.2) is 6.10 Å². The normalized spacial score (nSPS) is 31.5. The molecule has 0 saturated carbocycles. The third-order valence-corrected chi connectivity index (χ3v) is 6.14. The molecule has 31 heavy (non-hydrogen) atoms. The minimum absolute atomic E-state index is 0.0161. The van der Waals surface area contributed by atoms with Crippen molar-refractivity contribution in [2.75, 3.05) is 6.61 Å². The zero-order chi connectivity index (χ0) is 23.3. The highest BCUT2D eigenvalue weighted by atomic mass is 16.6. The Morgan fingerprint density at radius 3 is 2.55 bits per heavy atom. The second-order valence-electron chi connectivity index (χ2n) is 9.28. The van der Waals surface area contributed by atoms with E-state index in [0.717, 1.165) is 5.56 Å². The largest absolute Gasteiger partial charge is 0.456 e. The van der Waals surface area contributed by atoms with Crippen molar-refractivity contribution in [3.8, 4) is 0 Å². The molecule has 0 amide bonds. The van der Waals surface area contributed by atoms with Crippen LogP contribution in [-0.2, 0) is 21.4 Å². The highest BCUT2D eigenvalue weighted by Crippen LogP contribution is 2.32. The van der Waals surface area contributed by atoms with Crippen LogP contribution in [0.1, 0.15) is 51.7 Å². The topological polar surface area (TPSA) is 127 Å². The molecule has 174 valence electrons. The van der Waals surface area contributed by atoms with Crippen LogP contribution in [-0.4, -0.2) is 68.6 Å². The molecular weight excluding hydrogens is 400 g/mol. The van der Waals surface area contributed by atoms with Crippen LogP contribution in [0, 0.1) is 5.92 Å². The van der Waals surface area contributed by atoms with Crippen LogP contribution in [0.2, 0.25) is 0 Å². The van der Waals surface area contributed by atoms with Gasteiger partial charge in [0.05, 0.1) is 18.3 Å². The van der Waals surface area contributed by atoms with Crippen LogP contribution >= 0.6 is 0 Å². The van der Waals surface area contributed by atoms with Crippen LogP contribution in [0.25, 0.3) is 0 Å². The summed E-state index contributed by atoms with van der Waals surface area (Å²) in [6, 6.07) is 7.27. The number of esters is 1. The Hall–Kier alpha value is -1.77. The molecule has 1 aliphatic heterocycles. The first-order valence-corrected chi connectivity index (χ1v) is 10.8. The second kappa shape index (κ2) is 10.7. The van der Waals surface area contributed by atoms with Crippen LogP contribution in [0.5, 0.6) is 0 Å². The van der Waals surface area contributed by atoms with Crippen LogP contribution in [0.4, 0.5) is 0 Å². The predicted octanol–water partition coefficient (Wildman–Crippen LogP) is 1.23. The van der Waals surface area contributed by atoms with Crippen molar-refractivity contribution in [3.63, 3.8) is 0 Å². The lowest BCUT2D eigenvalue weighted by Crippen LogP contribution is -2.41. The minimum atomic E-state index is -1.74. The van der Waals surface area contributed by atoms with Crippen molar-refractivity contribution in [1.82, 2.24) is 0 Å². The molecule has 1 heterocycles. The molecule has 1 aliphatic rings. The molecule has 7 heteroatoms. The molecular formula is C24H36O7. The number of rotatable bonds is 3. The Bertz CT molecular complexity index is 773. The SMILES string of the molecule is C/C(=C/[C@@H](C)CO)[C@@H]1C[C@H](O)C[C@H](O)C(C)(C)c2cccc(c2)C[C@@H](O)[C@H](O)C(=O)O1. The van der Waals surface area contributed by atoms with Crippen LogP contribution < -0.4 is 0 Å². The highest BCUT2D eigenvalue weighted by Gasteiger charge is 2.35. The van der Waals surface area contributed by atoms with E-state index in [9.17, 15) is 30.3 Å². The molecule has 0 radical (unpaired) electrons. The number of hydrogen-bond acceptors (Lipinski definition) is 7. The van der Waals surface area contributed by atoms with Gasteiger partial charge in [0.1, 0.15) is 6.10 Å². The monoisotopic (exact) mass is 436 g/mol. The van der Waals surface area contributed by atoms with E-state index < -0.39 is 41.9 Å². The molecule has 0 aliphatic carbocycles. The molecule has 2 rings (SSSR count). The Morgan fingerprint density at radius 1 is 1.23 bits per heavy atom.